The lowest BCUT2D eigenvalue weighted by Crippen LogP contribution is -1.87. The van der Waals surface area contributed by atoms with E-state index in [1.807, 2.05) is 20.8 Å². The molecule has 0 saturated carbocycles. The Labute approximate surface area is 82.0 Å². The second kappa shape index (κ2) is 3.21. The van der Waals surface area contributed by atoms with Crippen molar-refractivity contribution in [3.63, 3.8) is 0 Å². The van der Waals surface area contributed by atoms with Crippen LogP contribution in [-0.2, 0) is 0 Å². The van der Waals surface area contributed by atoms with Crippen molar-refractivity contribution in [1.29, 1.82) is 0 Å². The van der Waals surface area contributed by atoms with E-state index in [2.05, 4.69) is 15.0 Å². The predicted octanol–water partition coefficient (Wildman–Crippen LogP) is 2.06. The first-order valence-corrected chi connectivity index (χ1v) is 4.40. The summed E-state index contributed by atoms with van der Waals surface area (Å²) in [6, 6.07) is 0. The highest BCUT2D eigenvalue weighted by Gasteiger charge is 2.08. The summed E-state index contributed by atoms with van der Waals surface area (Å²) in [5.41, 5.74) is 1.72. The second-order valence-corrected chi connectivity index (χ2v) is 3.18. The Morgan fingerprint density at radius 3 is 2.21 bits per heavy atom. The number of nitrogens with zero attached hydrogens (tertiary/aromatic N) is 3. The lowest BCUT2D eigenvalue weighted by molar-refractivity contribution is 0.540. The fraction of sp³-hybridized carbons (Fsp3) is 0.300. The van der Waals surface area contributed by atoms with Crippen LogP contribution in [0.1, 0.15) is 17.3 Å². The molecule has 0 radical (unpaired) electrons. The van der Waals surface area contributed by atoms with Crippen LogP contribution in [0.5, 0.6) is 0 Å². The Kier molecular flexibility index (Phi) is 2.04. The van der Waals surface area contributed by atoms with Crippen LogP contribution in [0.3, 0.4) is 0 Å². The summed E-state index contributed by atoms with van der Waals surface area (Å²) in [6.45, 7) is 5.65. The topological polar surface area (TPSA) is 51.8 Å². The van der Waals surface area contributed by atoms with Crippen LogP contribution >= 0.6 is 0 Å². The summed E-state index contributed by atoms with van der Waals surface area (Å²) in [5.74, 6) is 2.16. The van der Waals surface area contributed by atoms with Gasteiger partial charge in [0.1, 0.15) is 11.6 Å². The van der Waals surface area contributed by atoms with Crippen LogP contribution in [0, 0.1) is 20.8 Å². The molecule has 0 N–H and O–H groups in total. The Hall–Kier alpha value is -1.71. The normalized spacial score (nSPS) is 10.5. The van der Waals surface area contributed by atoms with Crippen LogP contribution in [0.25, 0.3) is 11.5 Å². The molecular weight excluding hydrogens is 178 g/mol. The Bertz CT molecular complexity index is 425. The molecular formula is C10H11N3O. The van der Waals surface area contributed by atoms with Crippen molar-refractivity contribution in [2.45, 2.75) is 20.8 Å². The van der Waals surface area contributed by atoms with Gasteiger partial charge in [-0.1, -0.05) is 0 Å². The van der Waals surface area contributed by atoms with Crippen LogP contribution in [0.4, 0.5) is 0 Å². The van der Waals surface area contributed by atoms with Crippen LogP contribution in [0.2, 0.25) is 0 Å². The molecule has 0 amide bonds. The van der Waals surface area contributed by atoms with E-state index in [0.29, 0.717) is 5.89 Å². The molecule has 0 saturated heterocycles. The van der Waals surface area contributed by atoms with Gasteiger partial charge in [0.25, 0.3) is 0 Å². The maximum absolute atomic E-state index is 5.45. The molecule has 0 atom stereocenters. The Morgan fingerprint density at radius 1 is 1.07 bits per heavy atom. The second-order valence-electron chi connectivity index (χ2n) is 3.18. The maximum Gasteiger partial charge on any atom is 0.229 e. The molecule has 2 aromatic heterocycles. The van der Waals surface area contributed by atoms with E-state index in [0.717, 1.165) is 22.8 Å². The van der Waals surface area contributed by atoms with Gasteiger partial charge in [-0.05, 0) is 20.8 Å². The van der Waals surface area contributed by atoms with E-state index in [4.69, 9.17) is 4.42 Å². The number of rotatable bonds is 1. The van der Waals surface area contributed by atoms with Crippen molar-refractivity contribution in [2.24, 2.45) is 0 Å². The molecule has 0 aliphatic rings. The molecule has 0 aliphatic heterocycles. The van der Waals surface area contributed by atoms with Crippen molar-refractivity contribution < 1.29 is 4.42 Å². The number of hydrogen-bond acceptors (Lipinski definition) is 4. The minimum atomic E-state index is 0.583. The summed E-state index contributed by atoms with van der Waals surface area (Å²) < 4.78 is 5.45. The summed E-state index contributed by atoms with van der Waals surface area (Å²) in [6.07, 6.45) is 3.43. The van der Waals surface area contributed by atoms with Gasteiger partial charge in [0.2, 0.25) is 5.89 Å². The van der Waals surface area contributed by atoms with E-state index >= 15 is 0 Å². The smallest absolute Gasteiger partial charge is 0.229 e. The van der Waals surface area contributed by atoms with Crippen LogP contribution < -0.4 is 0 Å². The van der Waals surface area contributed by atoms with E-state index in [1.54, 1.807) is 12.4 Å². The minimum Gasteiger partial charge on any atom is -0.441 e. The third-order valence-corrected chi connectivity index (χ3v) is 2.06. The average Bonchev–Trinajstić information content (AvgIpc) is 2.48. The zero-order chi connectivity index (χ0) is 10.1. The minimum absolute atomic E-state index is 0.583. The molecule has 14 heavy (non-hydrogen) atoms. The molecule has 0 fully saturated rings. The SMILES string of the molecule is Cc1ncc(-c2nc(C)c(C)o2)cn1. The van der Waals surface area contributed by atoms with Gasteiger partial charge < -0.3 is 4.42 Å². The van der Waals surface area contributed by atoms with Crippen molar-refractivity contribution in [2.75, 3.05) is 0 Å². The number of aromatic nitrogens is 3. The van der Waals surface area contributed by atoms with Gasteiger partial charge in [-0.15, -0.1) is 0 Å². The predicted molar refractivity (Wildman–Crippen MR) is 51.7 cm³/mol. The van der Waals surface area contributed by atoms with Gasteiger partial charge in [0.15, 0.2) is 0 Å². The molecule has 72 valence electrons. The van der Waals surface area contributed by atoms with Crippen molar-refractivity contribution in [3.8, 4) is 11.5 Å². The number of aryl methyl sites for hydroxylation is 3. The van der Waals surface area contributed by atoms with Crippen molar-refractivity contribution in [3.05, 3.63) is 29.7 Å². The first kappa shape index (κ1) is 8.87. The Morgan fingerprint density at radius 2 is 1.71 bits per heavy atom. The van der Waals surface area contributed by atoms with E-state index in [9.17, 15) is 0 Å². The fourth-order valence-corrected chi connectivity index (χ4v) is 1.10. The van der Waals surface area contributed by atoms with Crippen molar-refractivity contribution >= 4 is 0 Å². The van der Waals surface area contributed by atoms with Gasteiger partial charge in [-0.3, -0.25) is 0 Å². The third-order valence-electron chi connectivity index (χ3n) is 2.06. The standard InChI is InChI=1S/C10H11N3O/c1-6-7(2)14-10(13-6)9-4-11-8(3)12-5-9/h4-5H,1-3H3. The molecule has 2 heterocycles. The number of hydrogen-bond donors (Lipinski definition) is 0. The van der Waals surface area contributed by atoms with Gasteiger partial charge in [0, 0.05) is 12.4 Å². The molecule has 0 spiro atoms. The summed E-state index contributed by atoms with van der Waals surface area (Å²) in [7, 11) is 0. The monoisotopic (exact) mass is 189 g/mol. The summed E-state index contributed by atoms with van der Waals surface area (Å²) >= 11 is 0. The largest absolute Gasteiger partial charge is 0.441 e. The summed E-state index contributed by atoms with van der Waals surface area (Å²) in [5, 5.41) is 0. The zero-order valence-corrected chi connectivity index (χ0v) is 8.40. The molecule has 4 nitrogen and oxygen atoms in total. The highest BCUT2D eigenvalue weighted by atomic mass is 16.4. The maximum atomic E-state index is 5.45. The van der Waals surface area contributed by atoms with Gasteiger partial charge in [0.05, 0.1) is 11.3 Å². The Balaban J connectivity index is 2.44. The van der Waals surface area contributed by atoms with E-state index in [1.165, 1.54) is 0 Å². The fourth-order valence-electron chi connectivity index (χ4n) is 1.10. The molecule has 2 rings (SSSR count). The zero-order valence-electron chi connectivity index (χ0n) is 8.40. The molecule has 0 bridgehead atoms. The summed E-state index contributed by atoms with van der Waals surface area (Å²) in [4.78, 5) is 12.4. The van der Waals surface area contributed by atoms with Crippen LogP contribution in [-0.4, -0.2) is 15.0 Å². The van der Waals surface area contributed by atoms with Gasteiger partial charge in [-0.2, -0.15) is 0 Å². The average molecular weight is 189 g/mol. The van der Waals surface area contributed by atoms with Gasteiger partial charge in [-0.25, -0.2) is 15.0 Å². The number of oxazole rings is 1. The van der Waals surface area contributed by atoms with Gasteiger partial charge >= 0.3 is 0 Å². The van der Waals surface area contributed by atoms with E-state index < -0.39 is 0 Å². The quantitative estimate of drug-likeness (QED) is 0.689. The molecule has 0 aliphatic carbocycles. The first-order valence-electron chi connectivity index (χ1n) is 4.40. The molecule has 2 aromatic rings. The molecule has 4 heteroatoms. The highest BCUT2D eigenvalue weighted by Crippen LogP contribution is 2.19. The van der Waals surface area contributed by atoms with E-state index in [-0.39, 0.29) is 0 Å². The molecule has 0 aromatic carbocycles. The molecule has 0 unspecified atom stereocenters. The lowest BCUT2D eigenvalue weighted by Gasteiger charge is -1.93. The first-order chi connectivity index (χ1) is 6.66. The highest BCUT2D eigenvalue weighted by molar-refractivity contribution is 5.50. The third kappa shape index (κ3) is 1.51. The van der Waals surface area contributed by atoms with Crippen molar-refractivity contribution in [1.82, 2.24) is 15.0 Å². The van der Waals surface area contributed by atoms with Crippen LogP contribution in [0.15, 0.2) is 16.8 Å². The lowest BCUT2D eigenvalue weighted by atomic mass is 10.3.